The molecule has 2 rings (SSSR count). The van der Waals surface area contributed by atoms with Gasteiger partial charge >= 0.3 is 0 Å². The Balaban J connectivity index is 1.95. The van der Waals surface area contributed by atoms with E-state index in [1.165, 1.54) is 5.56 Å². The molecule has 1 unspecified atom stereocenters. The molecular formula is C16H17N3O. The van der Waals surface area contributed by atoms with Gasteiger partial charge in [-0.3, -0.25) is 0 Å². The predicted molar refractivity (Wildman–Crippen MR) is 79.2 cm³/mol. The van der Waals surface area contributed by atoms with Crippen molar-refractivity contribution in [3.63, 3.8) is 0 Å². The number of benzene rings is 2. The molecule has 0 N–H and O–H groups in total. The Morgan fingerprint density at radius 2 is 1.55 bits per heavy atom. The van der Waals surface area contributed by atoms with Crippen LogP contribution in [0.15, 0.2) is 65.8 Å². The second-order valence-corrected chi connectivity index (χ2v) is 4.52. The van der Waals surface area contributed by atoms with Crippen LogP contribution in [0.3, 0.4) is 0 Å². The summed E-state index contributed by atoms with van der Waals surface area (Å²) in [7, 11) is 0. The van der Waals surface area contributed by atoms with Crippen LogP contribution in [0.2, 0.25) is 0 Å². The van der Waals surface area contributed by atoms with Gasteiger partial charge in [-0.15, -0.1) is 0 Å². The molecule has 0 saturated heterocycles. The number of hydrogen-bond donors (Lipinski definition) is 0. The highest BCUT2D eigenvalue weighted by molar-refractivity contribution is 5.16. The normalized spacial score (nSPS) is 11.6. The molecule has 0 spiro atoms. The van der Waals surface area contributed by atoms with Crippen molar-refractivity contribution < 1.29 is 4.74 Å². The van der Waals surface area contributed by atoms with Crippen LogP contribution in [-0.2, 0) is 17.8 Å². The van der Waals surface area contributed by atoms with Gasteiger partial charge in [0.2, 0.25) is 0 Å². The summed E-state index contributed by atoms with van der Waals surface area (Å²) >= 11 is 0. The lowest BCUT2D eigenvalue weighted by Gasteiger charge is -2.16. The second-order valence-electron chi connectivity index (χ2n) is 4.52. The average Bonchev–Trinajstić information content (AvgIpc) is 2.52. The maximum atomic E-state index is 8.47. The van der Waals surface area contributed by atoms with Crippen molar-refractivity contribution in [1.82, 2.24) is 0 Å². The third-order valence-electron chi connectivity index (χ3n) is 2.98. The van der Waals surface area contributed by atoms with Crippen LogP contribution in [-0.4, -0.2) is 12.6 Å². The van der Waals surface area contributed by atoms with E-state index in [0.29, 0.717) is 13.2 Å². The SMILES string of the molecule is [N-]=[N+]=NCC(Cc1ccccc1)OCc1ccccc1. The van der Waals surface area contributed by atoms with Crippen LogP contribution < -0.4 is 0 Å². The Kier molecular flexibility index (Phi) is 5.65. The molecule has 20 heavy (non-hydrogen) atoms. The van der Waals surface area contributed by atoms with Gasteiger partial charge in [0.1, 0.15) is 0 Å². The quantitative estimate of drug-likeness (QED) is 0.423. The molecule has 0 aliphatic rings. The van der Waals surface area contributed by atoms with E-state index in [4.69, 9.17) is 10.3 Å². The van der Waals surface area contributed by atoms with E-state index in [1.54, 1.807) is 0 Å². The largest absolute Gasteiger partial charge is 0.373 e. The molecule has 1 atom stereocenters. The molecule has 0 radical (unpaired) electrons. The van der Waals surface area contributed by atoms with Crippen molar-refractivity contribution in [3.8, 4) is 0 Å². The van der Waals surface area contributed by atoms with Crippen LogP contribution in [0, 0.1) is 0 Å². The summed E-state index contributed by atoms with van der Waals surface area (Å²) in [6, 6.07) is 20.1. The molecule has 0 aliphatic heterocycles. The van der Waals surface area contributed by atoms with Gasteiger partial charge in [0.05, 0.1) is 19.3 Å². The van der Waals surface area contributed by atoms with Gasteiger partial charge in [-0.2, -0.15) is 0 Å². The minimum Gasteiger partial charge on any atom is -0.373 e. The van der Waals surface area contributed by atoms with Gasteiger partial charge in [0, 0.05) is 4.91 Å². The van der Waals surface area contributed by atoms with Crippen molar-refractivity contribution in [3.05, 3.63) is 82.2 Å². The Bertz CT molecular complexity index is 550. The first-order valence-electron chi connectivity index (χ1n) is 6.59. The molecule has 0 fully saturated rings. The van der Waals surface area contributed by atoms with Crippen LogP contribution >= 0.6 is 0 Å². The van der Waals surface area contributed by atoms with Gasteiger partial charge < -0.3 is 4.74 Å². The van der Waals surface area contributed by atoms with Gasteiger partial charge in [-0.25, -0.2) is 0 Å². The topological polar surface area (TPSA) is 58.0 Å². The number of azide groups is 1. The molecule has 102 valence electrons. The molecule has 0 amide bonds. The van der Waals surface area contributed by atoms with Crippen molar-refractivity contribution in [1.29, 1.82) is 0 Å². The zero-order valence-electron chi connectivity index (χ0n) is 11.2. The molecule has 0 aromatic heterocycles. The highest BCUT2D eigenvalue weighted by Crippen LogP contribution is 2.10. The van der Waals surface area contributed by atoms with Crippen LogP contribution in [0.25, 0.3) is 10.4 Å². The zero-order chi connectivity index (χ0) is 14.0. The number of nitrogens with zero attached hydrogens (tertiary/aromatic N) is 3. The molecule has 0 heterocycles. The molecule has 2 aromatic carbocycles. The molecule has 4 heteroatoms. The standard InChI is InChI=1S/C16H17N3O/c17-19-18-12-16(11-14-7-3-1-4-8-14)20-13-15-9-5-2-6-10-15/h1-10,16H,11-13H2. The Morgan fingerprint density at radius 1 is 0.950 bits per heavy atom. The van der Waals surface area contributed by atoms with E-state index in [1.807, 2.05) is 48.5 Å². The van der Waals surface area contributed by atoms with Gasteiger partial charge in [-0.1, -0.05) is 65.8 Å². The highest BCUT2D eigenvalue weighted by Gasteiger charge is 2.09. The van der Waals surface area contributed by atoms with Crippen LogP contribution in [0.4, 0.5) is 0 Å². The fourth-order valence-corrected chi connectivity index (χ4v) is 1.97. The summed E-state index contributed by atoms with van der Waals surface area (Å²) in [5.74, 6) is 0. The van der Waals surface area contributed by atoms with Crippen LogP contribution in [0.5, 0.6) is 0 Å². The summed E-state index contributed by atoms with van der Waals surface area (Å²) in [5.41, 5.74) is 10.8. The first kappa shape index (κ1) is 14.1. The molecule has 2 aromatic rings. The van der Waals surface area contributed by atoms with Gasteiger partial charge in [0.15, 0.2) is 0 Å². The summed E-state index contributed by atoms with van der Waals surface area (Å²) < 4.78 is 5.87. The maximum Gasteiger partial charge on any atom is 0.0720 e. The van der Waals surface area contributed by atoms with Gasteiger partial charge in [-0.05, 0) is 23.1 Å². The molecule has 0 aliphatic carbocycles. The monoisotopic (exact) mass is 267 g/mol. The molecular weight excluding hydrogens is 250 g/mol. The maximum absolute atomic E-state index is 8.47. The third kappa shape index (κ3) is 4.76. The Hall–Kier alpha value is -2.29. The number of hydrogen-bond acceptors (Lipinski definition) is 2. The van der Waals surface area contributed by atoms with Crippen molar-refractivity contribution in [2.24, 2.45) is 5.11 Å². The Morgan fingerprint density at radius 3 is 2.15 bits per heavy atom. The fraction of sp³-hybridized carbons (Fsp3) is 0.250. The second kappa shape index (κ2) is 8.00. The number of ether oxygens (including phenoxy) is 1. The van der Waals surface area contributed by atoms with E-state index in [0.717, 1.165) is 12.0 Å². The number of rotatable bonds is 7. The molecule has 0 saturated carbocycles. The molecule has 4 nitrogen and oxygen atoms in total. The highest BCUT2D eigenvalue weighted by atomic mass is 16.5. The van der Waals surface area contributed by atoms with E-state index >= 15 is 0 Å². The lowest BCUT2D eigenvalue weighted by Crippen LogP contribution is -2.19. The third-order valence-corrected chi connectivity index (χ3v) is 2.98. The van der Waals surface area contributed by atoms with Crippen LogP contribution in [0.1, 0.15) is 11.1 Å². The Labute approximate surface area is 118 Å². The summed E-state index contributed by atoms with van der Waals surface area (Å²) in [6.45, 7) is 0.873. The zero-order valence-corrected chi connectivity index (χ0v) is 11.2. The summed E-state index contributed by atoms with van der Waals surface area (Å²) in [4.78, 5) is 2.82. The lowest BCUT2D eigenvalue weighted by atomic mass is 10.1. The van der Waals surface area contributed by atoms with E-state index < -0.39 is 0 Å². The first-order valence-corrected chi connectivity index (χ1v) is 6.59. The summed E-state index contributed by atoms with van der Waals surface area (Å²) in [5, 5.41) is 3.64. The van der Waals surface area contributed by atoms with Crippen molar-refractivity contribution in [2.75, 3.05) is 6.54 Å². The first-order chi connectivity index (χ1) is 9.88. The smallest absolute Gasteiger partial charge is 0.0720 e. The average molecular weight is 267 g/mol. The van der Waals surface area contributed by atoms with Crippen molar-refractivity contribution in [2.45, 2.75) is 19.1 Å². The van der Waals surface area contributed by atoms with Crippen molar-refractivity contribution >= 4 is 0 Å². The minimum atomic E-state index is -0.103. The van der Waals surface area contributed by atoms with E-state index in [2.05, 4.69) is 22.2 Å². The lowest BCUT2D eigenvalue weighted by molar-refractivity contribution is 0.0468. The molecule has 0 bridgehead atoms. The van der Waals surface area contributed by atoms with Gasteiger partial charge in [0.25, 0.3) is 0 Å². The minimum absolute atomic E-state index is 0.103. The summed E-state index contributed by atoms with van der Waals surface area (Å²) in [6.07, 6.45) is 0.640. The predicted octanol–water partition coefficient (Wildman–Crippen LogP) is 4.12. The van der Waals surface area contributed by atoms with E-state index in [9.17, 15) is 0 Å². The van der Waals surface area contributed by atoms with E-state index in [-0.39, 0.29) is 6.10 Å². The fourth-order valence-electron chi connectivity index (χ4n) is 1.97.